The minimum atomic E-state index is 0.0346. The van der Waals surface area contributed by atoms with Crippen molar-refractivity contribution in [2.24, 2.45) is 0 Å². The van der Waals surface area contributed by atoms with E-state index in [9.17, 15) is 0 Å². The number of aliphatic hydroxyl groups excluding tert-OH is 1. The van der Waals surface area contributed by atoms with Gasteiger partial charge in [-0.15, -0.1) is 0 Å². The number of methoxy groups -OCH3 is 2. The monoisotopic (exact) mass is 330 g/mol. The topological polar surface area (TPSA) is 88.5 Å². The fourth-order valence-electron chi connectivity index (χ4n) is 2.39. The van der Waals surface area contributed by atoms with E-state index in [-0.39, 0.29) is 6.61 Å². The number of aliphatic hydroxyl groups is 1. The lowest BCUT2D eigenvalue weighted by Crippen LogP contribution is -2.10. The smallest absolute Gasteiger partial charge is 0.224 e. The van der Waals surface area contributed by atoms with E-state index in [2.05, 4.69) is 20.6 Å². The van der Waals surface area contributed by atoms with E-state index < -0.39 is 0 Å². The van der Waals surface area contributed by atoms with Gasteiger partial charge in [-0.25, -0.2) is 4.98 Å². The fourth-order valence-corrected chi connectivity index (χ4v) is 2.39. The molecule has 3 N–H and O–H groups in total. The zero-order chi connectivity index (χ0) is 16.9. The second-order valence-electron chi connectivity index (χ2n) is 5.65. The Morgan fingerprint density at radius 2 is 1.79 bits per heavy atom. The van der Waals surface area contributed by atoms with Crippen LogP contribution in [0.5, 0.6) is 11.5 Å². The van der Waals surface area contributed by atoms with Crippen LogP contribution >= 0.6 is 0 Å². The molecule has 0 aliphatic heterocycles. The van der Waals surface area contributed by atoms with Crippen molar-refractivity contribution in [3.05, 3.63) is 30.0 Å². The summed E-state index contributed by atoms with van der Waals surface area (Å²) in [4.78, 5) is 8.98. The first-order valence-corrected chi connectivity index (χ1v) is 7.95. The standard InChI is InChI=1S/C17H22N4O3/c1-23-13-7-12(8-14(9-13)24-2)19-16-10-15(11-3-4-11)20-17(21-16)18-5-6-22/h7-11,22H,3-6H2,1-2H3,(H2,18,19,20,21). The van der Waals surface area contributed by atoms with Gasteiger partial charge in [0.15, 0.2) is 0 Å². The highest BCUT2D eigenvalue weighted by Crippen LogP contribution is 2.40. The zero-order valence-corrected chi connectivity index (χ0v) is 13.9. The van der Waals surface area contributed by atoms with Gasteiger partial charge in [0.05, 0.1) is 26.5 Å². The molecule has 1 heterocycles. The highest BCUT2D eigenvalue weighted by molar-refractivity contribution is 5.62. The van der Waals surface area contributed by atoms with Crippen LogP contribution in [0.25, 0.3) is 0 Å². The van der Waals surface area contributed by atoms with Crippen LogP contribution in [0.1, 0.15) is 24.5 Å². The minimum absolute atomic E-state index is 0.0346. The summed E-state index contributed by atoms with van der Waals surface area (Å²) in [5, 5.41) is 15.3. The number of benzene rings is 1. The first kappa shape index (κ1) is 16.3. The van der Waals surface area contributed by atoms with Crippen LogP contribution in [0.3, 0.4) is 0 Å². The molecule has 1 aromatic carbocycles. The molecule has 2 aromatic rings. The fraction of sp³-hybridized carbons (Fsp3) is 0.412. The summed E-state index contributed by atoms with van der Waals surface area (Å²) in [6.07, 6.45) is 2.31. The van der Waals surface area contributed by atoms with Crippen molar-refractivity contribution in [1.29, 1.82) is 0 Å². The Kier molecular flexibility index (Phi) is 5.00. The lowest BCUT2D eigenvalue weighted by atomic mass is 10.2. The first-order chi connectivity index (χ1) is 11.7. The molecule has 128 valence electrons. The van der Waals surface area contributed by atoms with Gasteiger partial charge in [0, 0.05) is 42.4 Å². The van der Waals surface area contributed by atoms with Gasteiger partial charge in [-0.05, 0) is 12.8 Å². The van der Waals surface area contributed by atoms with Crippen molar-refractivity contribution in [3.8, 4) is 11.5 Å². The third-order valence-electron chi connectivity index (χ3n) is 3.76. The number of ether oxygens (including phenoxy) is 2. The lowest BCUT2D eigenvalue weighted by Gasteiger charge is -2.12. The Balaban J connectivity index is 1.86. The van der Waals surface area contributed by atoms with Gasteiger partial charge >= 0.3 is 0 Å². The van der Waals surface area contributed by atoms with Gasteiger partial charge in [-0.1, -0.05) is 0 Å². The summed E-state index contributed by atoms with van der Waals surface area (Å²) in [6.45, 7) is 0.452. The quantitative estimate of drug-likeness (QED) is 0.685. The van der Waals surface area contributed by atoms with Gasteiger partial charge in [0.25, 0.3) is 0 Å². The molecule has 7 nitrogen and oxygen atoms in total. The summed E-state index contributed by atoms with van der Waals surface area (Å²) in [5.41, 5.74) is 1.84. The number of hydrogen-bond donors (Lipinski definition) is 3. The van der Waals surface area contributed by atoms with Crippen LogP contribution in [0.2, 0.25) is 0 Å². The van der Waals surface area contributed by atoms with E-state index in [0.29, 0.717) is 35.7 Å². The van der Waals surface area contributed by atoms with Crippen LogP contribution in [0, 0.1) is 0 Å². The van der Waals surface area contributed by atoms with E-state index in [0.717, 1.165) is 24.2 Å². The van der Waals surface area contributed by atoms with Crippen LogP contribution < -0.4 is 20.1 Å². The molecule has 1 saturated carbocycles. The number of nitrogens with zero attached hydrogens (tertiary/aromatic N) is 2. The predicted octanol–water partition coefficient (Wildman–Crippen LogP) is 2.52. The van der Waals surface area contributed by atoms with E-state index >= 15 is 0 Å². The molecule has 1 aliphatic rings. The molecule has 0 atom stereocenters. The average molecular weight is 330 g/mol. The Labute approximate surface area is 141 Å². The molecular formula is C17H22N4O3. The molecule has 0 bridgehead atoms. The lowest BCUT2D eigenvalue weighted by molar-refractivity contribution is 0.311. The number of anilines is 3. The van der Waals surface area contributed by atoms with Gasteiger partial charge in [0.2, 0.25) is 5.95 Å². The highest BCUT2D eigenvalue weighted by Gasteiger charge is 2.26. The van der Waals surface area contributed by atoms with Crippen molar-refractivity contribution in [2.75, 3.05) is 38.0 Å². The maximum atomic E-state index is 8.98. The van der Waals surface area contributed by atoms with Crippen molar-refractivity contribution in [2.45, 2.75) is 18.8 Å². The van der Waals surface area contributed by atoms with Crippen LogP contribution in [-0.2, 0) is 0 Å². The number of nitrogens with one attached hydrogen (secondary N) is 2. The van der Waals surface area contributed by atoms with Crippen LogP contribution in [0.4, 0.5) is 17.5 Å². The van der Waals surface area contributed by atoms with Gasteiger partial charge in [0.1, 0.15) is 17.3 Å². The molecule has 1 aromatic heterocycles. The van der Waals surface area contributed by atoms with E-state index in [4.69, 9.17) is 14.6 Å². The maximum absolute atomic E-state index is 8.98. The molecule has 0 unspecified atom stereocenters. The van der Waals surface area contributed by atoms with E-state index in [1.807, 2.05) is 24.3 Å². The van der Waals surface area contributed by atoms with Crippen molar-refractivity contribution in [3.63, 3.8) is 0 Å². The number of rotatable bonds is 8. The molecule has 1 fully saturated rings. The molecule has 0 spiro atoms. The SMILES string of the molecule is COc1cc(Nc2cc(C3CC3)nc(NCCO)n2)cc(OC)c1. The molecule has 24 heavy (non-hydrogen) atoms. The van der Waals surface area contributed by atoms with Crippen LogP contribution in [0.15, 0.2) is 24.3 Å². The Morgan fingerprint density at radius 1 is 1.08 bits per heavy atom. The third kappa shape index (κ3) is 4.05. The van der Waals surface area contributed by atoms with Crippen LogP contribution in [-0.4, -0.2) is 42.4 Å². The largest absolute Gasteiger partial charge is 0.497 e. The molecular weight excluding hydrogens is 308 g/mol. The van der Waals surface area contributed by atoms with Crippen molar-refractivity contribution in [1.82, 2.24) is 9.97 Å². The summed E-state index contributed by atoms with van der Waals surface area (Å²) < 4.78 is 10.6. The number of aromatic nitrogens is 2. The normalized spacial score (nSPS) is 13.5. The van der Waals surface area contributed by atoms with Crippen molar-refractivity contribution >= 4 is 17.5 Å². The minimum Gasteiger partial charge on any atom is -0.497 e. The average Bonchev–Trinajstić information content (AvgIpc) is 3.44. The molecule has 7 heteroatoms. The Hall–Kier alpha value is -2.54. The highest BCUT2D eigenvalue weighted by atomic mass is 16.5. The molecule has 0 amide bonds. The third-order valence-corrected chi connectivity index (χ3v) is 3.76. The molecule has 0 saturated heterocycles. The summed E-state index contributed by atoms with van der Waals surface area (Å²) in [6, 6.07) is 7.53. The Morgan fingerprint density at radius 3 is 2.38 bits per heavy atom. The molecule has 0 radical (unpaired) electrons. The maximum Gasteiger partial charge on any atom is 0.224 e. The van der Waals surface area contributed by atoms with Gasteiger partial charge < -0.3 is 25.2 Å². The second kappa shape index (κ2) is 7.35. The van der Waals surface area contributed by atoms with Crippen molar-refractivity contribution < 1.29 is 14.6 Å². The summed E-state index contributed by atoms with van der Waals surface area (Å²) in [7, 11) is 3.23. The zero-order valence-electron chi connectivity index (χ0n) is 13.9. The van der Waals surface area contributed by atoms with Gasteiger partial charge in [-0.3, -0.25) is 0 Å². The van der Waals surface area contributed by atoms with E-state index in [1.165, 1.54) is 0 Å². The molecule has 1 aliphatic carbocycles. The first-order valence-electron chi connectivity index (χ1n) is 7.95. The molecule has 3 rings (SSSR count). The van der Waals surface area contributed by atoms with E-state index in [1.54, 1.807) is 14.2 Å². The van der Waals surface area contributed by atoms with Gasteiger partial charge in [-0.2, -0.15) is 4.98 Å². The second-order valence-corrected chi connectivity index (χ2v) is 5.65. The summed E-state index contributed by atoms with van der Waals surface area (Å²) in [5.74, 6) is 3.12. The Bertz CT molecular complexity index is 682. The predicted molar refractivity (Wildman–Crippen MR) is 92.4 cm³/mol. The number of hydrogen-bond acceptors (Lipinski definition) is 7. The summed E-state index contributed by atoms with van der Waals surface area (Å²) >= 11 is 0.